The van der Waals surface area contributed by atoms with Gasteiger partial charge in [-0.05, 0) is 28.7 Å². The summed E-state index contributed by atoms with van der Waals surface area (Å²) in [5, 5.41) is 0.233. The Bertz CT molecular complexity index is 628. The van der Waals surface area contributed by atoms with Gasteiger partial charge in [0.15, 0.2) is 0 Å². The molecule has 0 unspecified atom stereocenters. The van der Waals surface area contributed by atoms with E-state index in [4.69, 9.17) is 16.3 Å². The number of para-hydroxylation sites is 1. The van der Waals surface area contributed by atoms with Gasteiger partial charge in [-0.1, -0.05) is 29.8 Å². The van der Waals surface area contributed by atoms with Gasteiger partial charge in [0.25, 0.3) is 5.56 Å². The number of halogens is 2. The molecular formula is C12H10ClIN2O2. The van der Waals surface area contributed by atoms with E-state index < -0.39 is 0 Å². The fourth-order valence-corrected chi connectivity index (χ4v) is 2.15. The van der Waals surface area contributed by atoms with E-state index in [1.165, 1.54) is 10.9 Å². The van der Waals surface area contributed by atoms with Crippen molar-refractivity contribution < 1.29 is 4.74 Å². The molecule has 2 aromatic rings. The second-order valence-electron chi connectivity index (χ2n) is 3.59. The summed E-state index contributed by atoms with van der Waals surface area (Å²) >= 11 is 7.69. The van der Waals surface area contributed by atoms with E-state index in [9.17, 15) is 4.79 Å². The van der Waals surface area contributed by atoms with E-state index in [2.05, 4.69) is 4.98 Å². The number of rotatable bonds is 3. The van der Waals surface area contributed by atoms with Crippen molar-refractivity contribution in [1.29, 1.82) is 0 Å². The Balaban J connectivity index is 2.41. The molecule has 0 radical (unpaired) electrons. The molecule has 0 bridgehead atoms. The van der Waals surface area contributed by atoms with Gasteiger partial charge in [-0.15, -0.1) is 0 Å². The first kappa shape index (κ1) is 13.4. The Morgan fingerprint density at radius 2 is 2.17 bits per heavy atom. The second-order valence-corrected chi connectivity index (χ2v) is 5.03. The first-order valence-corrected chi connectivity index (χ1v) is 6.61. The molecule has 0 aliphatic heterocycles. The Hall–Kier alpha value is -1.08. The van der Waals surface area contributed by atoms with E-state index in [0.717, 1.165) is 11.3 Å². The molecule has 1 heterocycles. The predicted molar refractivity (Wildman–Crippen MR) is 78.3 cm³/mol. The Morgan fingerprint density at radius 3 is 2.89 bits per heavy atom. The third-order valence-electron chi connectivity index (χ3n) is 2.47. The first-order valence-electron chi connectivity index (χ1n) is 5.16. The summed E-state index contributed by atoms with van der Waals surface area (Å²) in [5.41, 5.74) is 0.767. The van der Waals surface area contributed by atoms with Gasteiger partial charge in [0.2, 0.25) is 0 Å². The molecule has 0 aliphatic rings. The number of benzene rings is 1. The van der Waals surface area contributed by atoms with Crippen LogP contribution in [0.15, 0.2) is 35.4 Å². The van der Waals surface area contributed by atoms with Crippen molar-refractivity contribution in [2.75, 3.05) is 7.11 Å². The standard InChI is InChI=1S/C12H10ClIN2O2/c1-18-9-5-3-2-4-8(9)6-16-7-15-11(13)10(14)12(16)17/h2-5,7H,6H2,1H3. The molecule has 0 amide bonds. The molecule has 2 rings (SSSR count). The predicted octanol–water partition coefficient (Wildman–Crippen LogP) is 2.56. The molecule has 6 heteroatoms. The van der Waals surface area contributed by atoms with Crippen LogP contribution in [0.4, 0.5) is 0 Å². The molecule has 1 aromatic heterocycles. The topological polar surface area (TPSA) is 44.1 Å². The second kappa shape index (κ2) is 5.71. The number of ether oxygens (including phenoxy) is 1. The molecule has 0 atom stereocenters. The largest absolute Gasteiger partial charge is 0.496 e. The maximum atomic E-state index is 12.0. The lowest BCUT2D eigenvalue weighted by atomic mass is 10.2. The first-order chi connectivity index (χ1) is 8.63. The van der Waals surface area contributed by atoms with E-state index in [1.54, 1.807) is 7.11 Å². The van der Waals surface area contributed by atoms with Crippen LogP contribution in [-0.4, -0.2) is 16.7 Å². The van der Waals surface area contributed by atoms with E-state index >= 15 is 0 Å². The molecule has 18 heavy (non-hydrogen) atoms. The normalized spacial score (nSPS) is 10.4. The van der Waals surface area contributed by atoms with E-state index in [-0.39, 0.29) is 10.7 Å². The average molecular weight is 377 g/mol. The Morgan fingerprint density at radius 1 is 1.44 bits per heavy atom. The molecule has 1 aromatic carbocycles. The molecule has 0 aliphatic carbocycles. The van der Waals surface area contributed by atoms with Gasteiger partial charge in [-0.2, -0.15) is 0 Å². The minimum atomic E-state index is -0.151. The average Bonchev–Trinajstić information content (AvgIpc) is 2.40. The zero-order chi connectivity index (χ0) is 13.1. The van der Waals surface area contributed by atoms with Crippen LogP contribution in [0.3, 0.4) is 0 Å². The van der Waals surface area contributed by atoms with Gasteiger partial charge in [0.1, 0.15) is 14.5 Å². The maximum absolute atomic E-state index is 12.0. The van der Waals surface area contributed by atoms with Gasteiger partial charge >= 0.3 is 0 Å². The van der Waals surface area contributed by atoms with Gasteiger partial charge in [-0.25, -0.2) is 4.98 Å². The van der Waals surface area contributed by atoms with Crippen LogP contribution in [0.1, 0.15) is 5.56 Å². The molecule has 0 spiro atoms. The number of methoxy groups -OCH3 is 1. The summed E-state index contributed by atoms with van der Waals surface area (Å²) in [7, 11) is 1.60. The highest BCUT2D eigenvalue weighted by Gasteiger charge is 2.09. The van der Waals surface area contributed by atoms with Crippen LogP contribution in [0, 0.1) is 3.57 Å². The van der Waals surface area contributed by atoms with Gasteiger partial charge < -0.3 is 4.74 Å². The summed E-state index contributed by atoms with van der Waals surface area (Å²) in [5.74, 6) is 0.745. The zero-order valence-corrected chi connectivity index (χ0v) is 12.5. The number of hydrogen-bond donors (Lipinski definition) is 0. The lowest BCUT2D eigenvalue weighted by Crippen LogP contribution is -2.23. The number of nitrogens with zero attached hydrogens (tertiary/aromatic N) is 2. The Labute approximate surface area is 123 Å². The van der Waals surface area contributed by atoms with Gasteiger partial charge in [0.05, 0.1) is 20.0 Å². The maximum Gasteiger partial charge on any atom is 0.268 e. The van der Waals surface area contributed by atoms with Crippen LogP contribution in [0.5, 0.6) is 5.75 Å². The lowest BCUT2D eigenvalue weighted by molar-refractivity contribution is 0.408. The van der Waals surface area contributed by atoms with Crippen LogP contribution in [-0.2, 0) is 6.54 Å². The molecule has 4 nitrogen and oxygen atoms in total. The summed E-state index contributed by atoms with van der Waals surface area (Å²) in [6.45, 7) is 0.406. The van der Waals surface area contributed by atoms with Crippen LogP contribution < -0.4 is 10.3 Å². The van der Waals surface area contributed by atoms with Crippen LogP contribution >= 0.6 is 34.2 Å². The number of aromatic nitrogens is 2. The highest BCUT2D eigenvalue weighted by atomic mass is 127. The zero-order valence-electron chi connectivity index (χ0n) is 9.56. The van der Waals surface area contributed by atoms with Crippen molar-refractivity contribution >= 4 is 34.2 Å². The Kier molecular flexibility index (Phi) is 4.23. The molecule has 94 valence electrons. The van der Waals surface area contributed by atoms with Crippen molar-refractivity contribution in [2.45, 2.75) is 6.54 Å². The van der Waals surface area contributed by atoms with Gasteiger partial charge in [-0.3, -0.25) is 9.36 Å². The van der Waals surface area contributed by atoms with Crippen molar-refractivity contribution in [3.63, 3.8) is 0 Å². The molecular weight excluding hydrogens is 367 g/mol. The highest BCUT2D eigenvalue weighted by molar-refractivity contribution is 14.1. The van der Waals surface area contributed by atoms with Gasteiger partial charge in [0, 0.05) is 5.56 Å². The number of hydrogen-bond acceptors (Lipinski definition) is 3. The summed E-state index contributed by atoms with van der Waals surface area (Å²) in [4.78, 5) is 16.0. The quantitative estimate of drug-likeness (QED) is 0.611. The van der Waals surface area contributed by atoms with E-state index in [0.29, 0.717) is 10.1 Å². The third kappa shape index (κ3) is 2.67. The molecule has 0 fully saturated rings. The third-order valence-corrected chi connectivity index (χ3v) is 4.05. The molecule has 0 N–H and O–H groups in total. The minimum Gasteiger partial charge on any atom is -0.496 e. The minimum absolute atomic E-state index is 0.151. The highest BCUT2D eigenvalue weighted by Crippen LogP contribution is 2.18. The van der Waals surface area contributed by atoms with Crippen molar-refractivity contribution in [3.05, 3.63) is 55.2 Å². The van der Waals surface area contributed by atoms with E-state index in [1.807, 2.05) is 46.9 Å². The fraction of sp³-hybridized carbons (Fsp3) is 0.167. The van der Waals surface area contributed by atoms with Crippen molar-refractivity contribution in [2.24, 2.45) is 0 Å². The molecule has 0 saturated heterocycles. The van der Waals surface area contributed by atoms with Crippen LogP contribution in [0.25, 0.3) is 0 Å². The monoisotopic (exact) mass is 376 g/mol. The fourth-order valence-electron chi connectivity index (χ4n) is 1.57. The lowest BCUT2D eigenvalue weighted by Gasteiger charge is -2.10. The smallest absolute Gasteiger partial charge is 0.268 e. The van der Waals surface area contributed by atoms with Crippen molar-refractivity contribution in [1.82, 2.24) is 9.55 Å². The summed E-state index contributed by atoms with van der Waals surface area (Å²) < 4.78 is 7.18. The SMILES string of the molecule is COc1ccccc1Cn1cnc(Cl)c(I)c1=O. The van der Waals surface area contributed by atoms with Crippen LogP contribution in [0.2, 0.25) is 5.15 Å². The molecule has 0 saturated carbocycles. The summed E-state index contributed by atoms with van der Waals surface area (Å²) in [6, 6.07) is 7.55. The summed E-state index contributed by atoms with van der Waals surface area (Å²) in [6.07, 6.45) is 1.44. The van der Waals surface area contributed by atoms with Crippen molar-refractivity contribution in [3.8, 4) is 5.75 Å².